The van der Waals surface area contributed by atoms with E-state index in [-0.39, 0.29) is 11.8 Å². The molecule has 6 nitrogen and oxygen atoms in total. The molecule has 1 atom stereocenters. The molecule has 2 aromatic carbocycles. The first-order valence-corrected chi connectivity index (χ1v) is 11.6. The summed E-state index contributed by atoms with van der Waals surface area (Å²) in [5.41, 5.74) is 2.93. The van der Waals surface area contributed by atoms with E-state index < -0.39 is 5.41 Å². The number of ether oxygens (including phenoxy) is 3. The Kier molecular flexibility index (Phi) is 7.22. The summed E-state index contributed by atoms with van der Waals surface area (Å²) < 4.78 is 16.8. The molecule has 1 unspecified atom stereocenters. The lowest BCUT2D eigenvalue weighted by Gasteiger charge is -2.44. The van der Waals surface area contributed by atoms with Gasteiger partial charge in [0.25, 0.3) is 0 Å². The van der Waals surface area contributed by atoms with Crippen LogP contribution in [0.25, 0.3) is 6.08 Å². The molecule has 0 bridgehead atoms. The number of Topliss-reactive ketones (excluding diaryl/α,β-unsaturated/α-hetero) is 1. The molecule has 0 amide bonds. The third kappa shape index (κ3) is 5.08. The zero-order valence-electron chi connectivity index (χ0n) is 20.9. The number of aromatic nitrogens is 1. The number of rotatable bonds is 7. The smallest absolute Gasteiger partial charge is 0.203 e. The summed E-state index contributed by atoms with van der Waals surface area (Å²) in [4.78, 5) is 20.7. The van der Waals surface area contributed by atoms with E-state index in [1.807, 2.05) is 68.5 Å². The zero-order valence-corrected chi connectivity index (χ0v) is 20.9. The molecule has 1 aromatic heterocycles. The van der Waals surface area contributed by atoms with Crippen LogP contribution < -0.4 is 14.2 Å². The lowest BCUT2D eigenvalue weighted by Crippen LogP contribution is -2.49. The highest BCUT2D eigenvalue weighted by Gasteiger charge is 2.44. The first kappa shape index (κ1) is 24.5. The summed E-state index contributed by atoms with van der Waals surface area (Å²) in [5.74, 6) is 1.73. The Balaban J connectivity index is 1.92. The van der Waals surface area contributed by atoms with Gasteiger partial charge in [0.1, 0.15) is 0 Å². The SMILES string of the molecule is COc1cc(C2/C(=C\c3ccccn3)C(=O)C(C)(C)CN2Cc2ccccc2)cc(OC)c1OC. The molecule has 0 radical (unpaired) electrons. The molecule has 1 aliphatic rings. The Morgan fingerprint density at radius 3 is 2.20 bits per heavy atom. The van der Waals surface area contributed by atoms with Gasteiger partial charge in [-0.1, -0.05) is 50.2 Å². The monoisotopic (exact) mass is 472 g/mol. The Hall–Kier alpha value is -3.64. The fourth-order valence-electron chi connectivity index (χ4n) is 4.76. The fourth-order valence-corrected chi connectivity index (χ4v) is 4.76. The van der Waals surface area contributed by atoms with Crippen LogP contribution in [0.15, 0.2) is 72.4 Å². The average Bonchev–Trinajstić information content (AvgIpc) is 2.87. The molecule has 4 rings (SSSR count). The number of benzene rings is 2. The summed E-state index contributed by atoms with van der Waals surface area (Å²) in [6.45, 7) is 5.29. The van der Waals surface area contributed by atoms with Crippen LogP contribution >= 0.6 is 0 Å². The molecular weight excluding hydrogens is 440 g/mol. The van der Waals surface area contributed by atoms with Gasteiger partial charge in [0.05, 0.1) is 33.1 Å². The molecule has 0 N–H and O–H groups in total. The van der Waals surface area contributed by atoms with Crippen molar-refractivity contribution in [3.63, 3.8) is 0 Å². The van der Waals surface area contributed by atoms with Crippen LogP contribution in [0, 0.1) is 5.41 Å². The quantitative estimate of drug-likeness (QED) is 0.433. The van der Waals surface area contributed by atoms with Gasteiger partial charge in [-0.05, 0) is 41.5 Å². The number of likely N-dealkylation sites (tertiary alicyclic amines) is 1. The Bertz CT molecular complexity index is 1180. The fraction of sp³-hybridized carbons (Fsp3) is 0.310. The molecule has 0 saturated carbocycles. The maximum Gasteiger partial charge on any atom is 0.203 e. The highest BCUT2D eigenvalue weighted by Crippen LogP contribution is 2.46. The van der Waals surface area contributed by atoms with Crippen LogP contribution in [0.5, 0.6) is 17.2 Å². The van der Waals surface area contributed by atoms with Gasteiger partial charge < -0.3 is 14.2 Å². The van der Waals surface area contributed by atoms with Gasteiger partial charge in [0.15, 0.2) is 17.3 Å². The third-order valence-corrected chi connectivity index (χ3v) is 6.36. The lowest BCUT2D eigenvalue weighted by molar-refractivity contribution is -0.128. The second-order valence-electron chi connectivity index (χ2n) is 9.32. The highest BCUT2D eigenvalue weighted by molar-refractivity contribution is 6.05. The van der Waals surface area contributed by atoms with Crippen molar-refractivity contribution in [1.29, 1.82) is 0 Å². The van der Waals surface area contributed by atoms with Crippen molar-refractivity contribution in [1.82, 2.24) is 9.88 Å². The molecule has 182 valence electrons. The van der Waals surface area contributed by atoms with Gasteiger partial charge in [0, 0.05) is 30.3 Å². The third-order valence-electron chi connectivity index (χ3n) is 6.36. The van der Waals surface area contributed by atoms with Gasteiger partial charge in [0.2, 0.25) is 5.75 Å². The minimum absolute atomic E-state index is 0.103. The Morgan fingerprint density at radius 1 is 0.971 bits per heavy atom. The van der Waals surface area contributed by atoms with Crippen LogP contribution in [-0.2, 0) is 11.3 Å². The van der Waals surface area contributed by atoms with E-state index in [4.69, 9.17) is 14.2 Å². The normalized spacial score (nSPS) is 18.9. The van der Waals surface area contributed by atoms with E-state index >= 15 is 0 Å². The predicted molar refractivity (Wildman–Crippen MR) is 137 cm³/mol. The average molecular weight is 473 g/mol. The predicted octanol–water partition coefficient (Wildman–Crippen LogP) is 5.34. The van der Waals surface area contributed by atoms with Crippen molar-refractivity contribution in [2.75, 3.05) is 27.9 Å². The van der Waals surface area contributed by atoms with Crippen molar-refractivity contribution in [2.24, 2.45) is 5.41 Å². The van der Waals surface area contributed by atoms with Crippen LogP contribution in [0.1, 0.15) is 36.7 Å². The molecule has 2 heterocycles. The van der Waals surface area contributed by atoms with Gasteiger partial charge >= 0.3 is 0 Å². The number of pyridine rings is 1. The number of hydrogen-bond acceptors (Lipinski definition) is 6. The van der Waals surface area contributed by atoms with Crippen LogP contribution in [0.4, 0.5) is 0 Å². The maximum atomic E-state index is 13.9. The first-order valence-electron chi connectivity index (χ1n) is 11.6. The van der Waals surface area contributed by atoms with E-state index in [9.17, 15) is 4.79 Å². The molecule has 6 heteroatoms. The molecule has 3 aromatic rings. The second-order valence-corrected chi connectivity index (χ2v) is 9.32. The van der Waals surface area contributed by atoms with Crippen LogP contribution in [-0.4, -0.2) is 43.5 Å². The molecular formula is C29H32N2O4. The summed E-state index contributed by atoms with van der Waals surface area (Å²) in [7, 11) is 4.78. The number of hydrogen-bond donors (Lipinski definition) is 0. The number of methoxy groups -OCH3 is 3. The number of carbonyl (C=O) groups excluding carboxylic acids is 1. The Morgan fingerprint density at radius 2 is 1.63 bits per heavy atom. The maximum absolute atomic E-state index is 13.9. The van der Waals surface area contributed by atoms with E-state index in [0.717, 1.165) is 11.3 Å². The van der Waals surface area contributed by atoms with Crippen molar-refractivity contribution >= 4 is 11.9 Å². The van der Waals surface area contributed by atoms with E-state index in [1.54, 1.807) is 27.5 Å². The highest BCUT2D eigenvalue weighted by atomic mass is 16.5. The first-order chi connectivity index (χ1) is 16.9. The Labute approximate surface area is 207 Å². The van der Waals surface area contributed by atoms with E-state index in [1.165, 1.54) is 5.56 Å². The second kappa shape index (κ2) is 10.3. The van der Waals surface area contributed by atoms with Gasteiger partial charge in [-0.25, -0.2) is 0 Å². The lowest BCUT2D eigenvalue weighted by atomic mass is 9.74. The summed E-state index contributed by atoms with van der Waals surface area (Å²) in [6, 6.07) is 19.5. The van der Waals surface area contributed by atoms with Gasteiger partial charge in [-0.15, -0.1) is 0 Å². The number of nitrogens with zero attached hydrogens (tertiary/aromatic N) is 2. The molecule has 1 aliphatic heterocycles. The van der Waals surface area contributed by atoms with Crippen molar-refractivity contribution in [3.05, 3.63) is 89.3 Å². The standard InChI is InChI=1S/C29H32N2O4/c1-29(2)19-31(18-20-11-7-6-8-12-20)26(23(28(29)32)17-22-13-9-10-14-30-22)21-15-24(33-3)27(35-5)25(16-21)34-4/h6-17,26H,18-19H2,1-5H3/b23-17+. The number of ketones is 1. The zero-order chi connectivity index (χ0) is 25.0. The van der Waals surface area contributed by atoms with E-state index in [0.29, 0.717) is 35.9 Å². The van der Waals surface area contributed by atoms with Gasteiger partial charge in [-0.2, -0.15) is 0 Å². The minimum atomic E-state index is -0.563. The van der Waals surface area contributed by atoms with Crippen LogP contribution in [0.3, 0.4) is 0 Å². The minimum Gasteiger partial charge on any atom is -0.493 e. The molecule has 1 fully saturated rings. The largest absolute Gasteiger partial charge is 0.493 e. The molecule has 0 spiro atoms. The number of carbonyl (C=O) groups is 1. The topological polar surface area (TPSA) is 60.9 Å². The summed E-state index contributed by atoms with van der Waals surface area (Å²) >= 11 is 0. The summed E-state index contributed by atoms with van der Waals surface area (Å²) in [5, 5.41) is 0. The van der Waals surface area contributed by atoms with E-state index in [2.05, 4.69) is 22.0 Å². The van der Waals surface area contributed by atoms with Crippen LogP contribution in [0.2, 0.25) is 0 Å². The van der Waals surface area contributed by atoms with Gasteiger partial charge in [-0.3, -0.25) is 14.7 Å². The summed E-state index contributed by atoms with van der Waals surface area (Å²) in [6.07, 6.45) is 3.65. The van der Waals surface area contributed by atoms with Crippen molar-refractivity contribution < 1.29 is 19.0 Å². The number of piperidine rings is 1. The molecule has 0 aliphatic carbocycles. The van der Waals surface area contributed by atoms with Crippen molar-refractivity contribution in [3.8, 4) is 17.2 Å². The van der Waals surface area contributed by atoms with Crippen molar-refractivity contribution in [2.45, 2.75) is 26.4 Å². The molecule has 35 heavy (non-hydrogen) atoms. The molecule has 1 saturated heterocycles.